The van der Waals surface area contributed by atoms with Crippen LogP contribution in [0, 0.1) is 10.1 Å². The van der Waals surface area contributed by atoms with Crippen molar-refractivity contribution in [1.29, 1.82) is 0 Å². The van der Waals surface area contributed by atoms with Crippen molar-refractivity contribution in [3.8, 4) is 5.75 Å². The zero-order valence-electron chi connectivity index (χ0n) is 15.6. The lowest BCUT2D eigenvalue weighted by Crippen LogP contribution is -2.62. The molecular formula is C17H22N2O8. The van der Waals surface area contributed by atoms with E-state index < -0.39 is 34.7 Å². The van der Waals surface area contributed by atoms with Gasteiger partial charge in [0.25, 0.3) is 5.69 Å². The van der Waals surface area contributed by atoms with E-state index in [-0.39, 0.29) is 30.2 Å². The van der Waals surface area contributed by atoms with Gasteiger partial charge in [0.2, 0.25) is 11.4 Å². The maximum absolute atomic E-state index is 12.6. The van der Waals surface area contributed by atoms with Gasteiger partial charge in [0.05, 0.1) is 25.2 Å². The first-order chi connectivity index (χ1) is 12.7. The molecule has 0 fully saturated rings. The van der Waals surface area contributed by atoms with Crippen LogP contribution in [-0.4, -0.2) is 48.6 Å². The number of rotatable bonds is 9. The number of carbonyl (C=O) groups excluding carboxylic acids is 3. The molecule has 27 heavy (non-hydrogen) atoms. The second-order valence-corrected chi connectivity index (χ2v) is 5.46. The number of methoxy groups -OCH3 is 1. The van der Waals surface area contributed by atoms with Crippen molar-refractivity contribution in [1.82, 2.24) is 5.32 Å². The lowest BCUT2D eigenvalue weighted by atomic mass is 9.89. The summed E-state index contributed by atoms with van der Waals surface area (Å²) in [4.78, 5) is 47.7. The highest BCUT2D eigenvalue weighted by molar-refractivity contribution is 6.08. The highest BCUT2D eigenvalue weighted by Gasteiger charge is 2.51. The van der Waals surface area contributed by atoms with Crippen LogP contribution in [0.1, 0.15) is 26.3 Å². The van der Waals surface area contributed by atoms with Gasteiger partial charge in [-0.25, -0.2) is 9.59 Å². The fourth-order valence-corrected chi connectivity index (χ4v) is 2.48. The first kappa shape index (κ1) is 21.9. The third-order valence-electron chi connectivity index (χ3n) is 3.58. The average Bonchev–Trinajstić information content (AvgIpc) is 2.60. The van der Waals surface area contributed by atoms with E-state index >= 15 is 0 Å². The van der Waals surface area contributed by atoms with Crippen LogP contribution in [0.3, 0.4) is 0 Å². The topological polar surface area (TPSA) is 134 Å². The van der Waals surface area contributed by atoms with E-state index in [4.69, 9.17) is 14.2 Å². The quantitative estimate of drug-likeness (QED) is 0.291. The Bertz CT molecular complexity index is 714. The molecule has 1 aromatic carbocycles. The summed E-state index contributed by atoms with van der Waals surface area (Å²) in [5, 5.41) is 13.6. The fourth-order valence-electron chi connectivity index (χ4n) is 2.48. The Morgan fingerprint density at radius 3 is 2.11 bits per heavy atom. The van der Waals surface area contributed by atoms with Crippen LogP contribution < -0.4 is 10.1 Å². The van der Waals surface area contributed by atoms with Gasteiger partial charge in [-0.2, -0.15) is 0 Å². The van der Waals surface area contributed by atoms with E-state index in [1.54, 1.807) is 0 Å². The molecule has 148 valence electrons. The van der Waals surface area contributed by atoms with Crippen molar-refractivity contribution < 1.29 is 33.5 Å². The van der Waals surface area contributed by atoms with Gasteiger partial charge < -0.3 is 19.5 Å². The monoisotopic (exact) mass is 382 g/mol. The number of nitrogens with zero attached hydrogens (tertiary/aromatic N) is 1. The number of nitro benzene ring substituents is 1. The highest BCUT2D eigenvalue weighted by Crippen LogP contribution is 2.29. The zero-order valence-corrected chi connectivity index (χ0v) is 15.6. The number of nitro groups is 1. The second kappa shape index (κ2) is 9.51. The SMILES string of the molecule is CCOC(=O)C(Cc1cc(OC)ccc1[N+](=O)[O-])(NC(C)=O)C(=O)OCC. The number of benzene rings is 1. The number of amides is 1. The van der Waals surface area contributed by atoms with E-state index in [0.29, 0.717) is 0 Å². The smallest absolute Gasteiger partial charge is 0.344 e. The van der Waals surface area contributed by atoms with Gasteiger partial charge >= 0.3 is 11.9 Å². The highest BCUT2D eigenvalue weighted by atomic mass is 16.6. The van der Waals surface area contributed by atoms with Crippen LogP contribution in [0.4, 0.5) is 5.69 Å². The van der Waals surface area contributed by atoms with Gasteiger partial charge in [-0.3, -0.25) is 14.9 Å². The maximum atomic E-state index is 12.6. The molecule has 0 saturated heterocycles. The molecule has 0 atom stereocenters. The Hall–Kier alpha value is -3.17. The van der Waals surface area contributed by atoms with Gasteiger partial charge in [-0.05, 0) is 26.0 Å². The molecule has 1 amide bonds. The molecule has 0 aliphatic rings. The molecular weight excluding hydrogens is 360 g/mol. The van der Waals surface area contributed by atoms with E-state index in [0.717, 1.165) is 6.92 Å². The Kier molecular flexibility index (Phi) is 7.70. The van der Waals surface area contributed by atoms with Crippen molar-refractivity contribution in [2.24, 2.45) is 0 Å². The van der Waals surface area contributed by atoms with Crippen molar-refractivity contribution in [3.63, 3.8) is 0 Å². The van der Waals surface area contributed by atoms with Crippen LogP contribution in [-0.2, 0) is 30.3 Å². The molecule has 0 bridgehead atoms. The molecule has 1 rings (SSSR count). The number of hydrogen-bond donors (Lipinski definition) is 1. The van der Waals surface area contributed by atoms with Crippen molar-refractivity contribution in [3.05, 3.63) is 33.9 Å². The summed E-state index contributed by atoms with van der Waals surface area (Å²) >= 11 is 0. The minimum atomic E-state index is -2.27. The van der Waals surface area contributed by atoms with Crippen LogP contribution in [0.2, 0.25) is 0 Å². The molecule has 0 spiro atoms. The normalized spacial score (nSPS) is 10.7. The van der Waals surface area contributed by atoms with E-state index in [1.165, 1.54) is 39.2 Å². The molecule has 10 nitrogen and oxygen atoms in total. The summed E-state index contributed by atoms with van der Waals surface area (Å²) in [6.07, 6.45) is -0.544. The van der Waals surface area contributed by atoms with E-state index in [9.17, 15) is 24.5 Å². The van der Waals surface area contributed by atoms with E-state index in [1.807, 2.05) is 0 Å². The molecule has 10 heteroatoms. The van der Waals surface area contributed by atoms with Crippen LogP contribution in [0.25, 0.3) is 0 Å². The first-order valence-corrected chi connectivity index (χ1v) is 8.16. The standard InChI is InChI=1S/C17H22N2O8/c1-5-26-15(21)17(18-11(3)20,16(22)27-6-2)10-12-9-13(25-4)7-8-14(12)19(23)24/h7-9H,5-6,10H2,1-4H3,(H,18,20). The predicted molar refractivity (Wildman–Crippen MR) is 93.2 cm³/mol. The zero-order chi connectivity index (χ0) is 20.6. The summed E-state index contributed by atoms with van der Waals surface area (Å²) in [7, 11) is 1.36. The second-order valence-electron chi connectivity index (χ2n) is 5.46. The minimum Gasteiger partial charge on any atom is -0.497 e. The summed E-state index contributed by atoms with van der Waals surface area (Å²) < 4.78 is 15.0. The van der Waals surface area contributed by atoms with Gasteiger partial charge in [-0.1, -0.05) is 0 Å². The molecule has 0 aliphatic carbocycles. The third kappa shape index (κ3) is 5.16. The molecule has 0 aromatic heterocycles. The minimum absolute atomic E-state index is 0.00536. The Balaban J connectivity index is 3.59. The largest absolute Gasteiger partial charge is 0.497 e. The average molecular weight is 382 g/mol. The lowest BCUT2D eigenvalue weighted by Gasteiger charge is -2.29. The van der Waals surface area contributed by atoms with Crippen LogP contribution >= 0.6 is 0 Å². The number of carbonyl (C=O) groups is 3. The molecule has 0 radical (unpaired) electrons. The number of ether oxygens (including phenoxy) is 3. The molecule has 1 aromatic rings. The molecule has 0 aliphatic heterocycles. The summed E-state index contributed by atoms with van der Waals surface area (Å²) in [5.74, 6) is -2.58. The van der Waals surface area contributed by atoms with Crippen molar-refractivity contribution in [2.45, 2.75) is 32.7 Å². The Labute approximate surface area is 155 Å². The number of hydrogen-bond acceptors (Lipinski definition) is 8. The van der Waals surface area contributed by atoms with Gasteiger partial charge in [0.15, 0.2) is 0 Å². The van der Waals surface area contributed by atoms with Gasteiger partial charge in [0.1, 0.15) is 5.75 Å². The van der Waals surface area contributed by atoms with E-state index in [2.05, 4.69) is 5.32 Å². The fraction of sp³-hybridized carbons (Fsp3) is 0.471. The Morgan fingerprint density at radius 2 is 1.70 bits per heavy atom. The number of nitrogens with one attached hydrogen (secondary N) is 1. The molecule has 0 saturated carbocycles. The molecule has 1 N–H and O–H groups in total. The van der Waals surface area contributed by atoms with Gasteiger partial charge in [-0.15, -0.1) is 0 Å². The summed E-state index contributed by atoms with van der Waals surface area (Å²) in [6.45, 7) is 4.01. The summed E-state index contributed by atoms with van der Waals surface area (Å²) in [5.41, 5.74) is -2.62. The third-order valence-corrected chi connectivity index (χ3v) is 3.58. The maximum Gasteiger partial charge on any atom is 0.344 e. The van der Waals surface area contributed by atoms with Crippen LogP contribution in [0.5, 0.6) is 5.75 Å². The van der Waals surface area contributed by atoms with Crippen molar-refractivity contribution in [2.75, 3.05) is 20.3 Å². The lowest BCUT2D eigenvalue weighted by molar-refractivity contribution is -0.385. The predicted octanol–water partition coefficient (Wildman–Crippen LogP) is 1.15. The molecule has 0 heterocycles. The summed E-state index contributed by atoms with van der Waals surface area (Å²) in [6, 6.07) is 3.87. The first-order valence-electron chi connectivity index (χ1n) is 8.16. The Morgan fingerprint density at radius 1 is 1.15 bits per heavy atom. The van der Waals surface area contributed by atoms with Crippen LogP contribution in [0.15, 0.2) is 18.2 Å². The van der Waals surface area contributed by atoms with Crippen molar-refractivity contribution >= 4 is 23.5 Å². The van der Waals surface area contributed by atoms with Gasteiger partial charge in [0, 0.05) is 25.0 Å². The number of esters is 2. The molecule has 0 unspecified atom stereocenters.